The number of unbranched alkanes of at least 4 members (excludes halogenated alkanes) is 10. The van der Waals surface area contributed by atoms with Gasteiger partial charge in [0.2, 0.25) is 0 Å². The SMILES string of the molecule is CCCCCCCCOC(=O)/C=C/C(=O)OCCCCCCCCCl. The van der Waals surface area contributed by atoms with Gasteiger partial charge in [0.1, 0.15) is 0 Å². The van der Waals surface area contributed by atoms with E-state index >= 15 is 0 Å². The topological polar surface area (TPSA) is 52.6 Å². The van der Waals surface area contributed by atoms with Crippen molar-refractivity contribution in [3.05, 3.63) is 12.2 Å². The summed E-state index contributed by atoms with van der Waals surface area (Å²) >= 11 is 5.61. The summed E-state index contributed by atoms with van der Waals surface area (Å²) < 4.78 is 10.1. The lowest BCUT2D eigenvalue weighted by Crippen LogP contribution is -2.06. The molecular weight excluding hydrogens is 340 g/mol. The molecule has 0 atom stereocenters. The summed E-state index contributed by atoms with van der Waals surface area (Å²) in [6, 6.07) is 0. The van der Waals surface area contributed by atoms with Crippen molar-refractivity contribution in [1.29, 1.82) is 0 Å². The molecule has 0 aromatic rings. The summed E-state index contributed by atoms with van der Waals surface area (Å²) in [5.74, 6) is -0.242. The molecule has 0 saturated carbocycles. The third-order valence-corrected chi connectivity index (χ3v) is 4.14. The minimum absolute atomic E-state index is 0.394. The fraction of sp³-hybridized carbons (Fsp3) is 0.800. The molecule has 0 fully saturated rings. The van der Waals surface area contributed by atoms with Crippen molar-refractivity contribution in [2.24, 2.45) is 0 Å². The van der Waals surface area contributed by atoms with Crippen LogP contribution in [0.25, 0.3) is 0 Å². The molecule has 0 aromatic heterocycles. The van der Waals surface area contributed by atoms with Crippen molar-refractivity contribution < 1.29 is 19.1 Å². The van der Waals surface area contributed by atoms with Crippen molar-refractivity contribution in [2.75, 3.05) is 19.1 Å². The number of hydrogen-bond acceptors (Lipinski definition) is 4. The van der Waals surface area contributed by atoms with E-state index < -0.39 is 11.9 Å². The molecule has 0 aliphatic heterocycles. The zero-order chi connectivity index (χ0) is 18.6. The van der Waals surface area contributed by atoms with Gasteiger partial charge in [-0.1, -0.05) is 64.7 Å². The van der Waals surface area contributed by atoms with Gasteiger partial charge in [-0.05, 0) is 19.3 Å². The second-order valence-corrected chi connectivity index (χ2v) is 6.62. The van der Waals surface area contributed by atoms with Crippen LogP contribution >= 0.6 is 11.6 Å². The highest BCUT2D eigenvalue weighted by Crippen LogP contribution is 2.06. The highest BCUT2D eigenvalue weighted by Gasteiger charge is 2.01. The zero-order valence-electron chi connectivity index (χ0n) is 15.8. The maximum Gasteiger partial charge on any atom is 0.331 e. The minimum Gasteiger partial charge on any atom is -0.463 e. The first-order valence-electron chi connectivity index (χ1n) is 9.78. The minimum atomic E-state index is -0.487. The standard InChI is InChI=1S/C20H35ClO4/c1-2-3-4-5-9-12-17-24-19(22)14-15-20(23)25-18-13-10-7-6-8-11-16-21/h14-15H,2-13,16-18H2,1H3/b15-14+. The number of carbonyl (C=O) groups is 2. The van der Waals surface area contributed by atoms with Crippen LogP contribution in [0.1, 0.15) is 84.0 Å². The summed E-state index contributed by atoms with van der Waals surface area (Å²) in [6.07, 6.45) is 15.6. The second-order valence-electron chi connectivity index (χ2n) is 6.25. The molecule has 0 aliphatic carbocycles. The smallest absolute Gasteiger partial charge is 0.331 e. The van der Waals surface area contributed by atoms with Crippen LogP contribution in [0.5, 0.6) is 0 Å². The number of carbonyl (C=O) groups excluding carboxylic acids is 2. The molecule has 0 unspecified atom stereocenters. The van der Waals surface area contributed by atoms with E-state index in [2.05, 4.69) is 6.92 Å². The van der Waals surface area contributed by atoms with Gasteiger partial charge in [-0.15, -0.1) is 11.6 Å². The van der Waals surface area contributed by atoms with Gasteiger partial charge in [0.25, 0.3) is 0 Å². The largest absolute Gasteiger partial charge is 0.463 e. The lowest BCUT2D eigenvalue weighted by Gasteiger charge is -2.03. The van der Waals surface area contributed by atoms with Gasteiger partial charge in [0.05, 0.1) is 13.2 Å². The Kier molecular flexibility index (Phi) is 18.5. The van der Waals surface area contributed by atoms with Crippen LogP contribution in [0.2, 0.25) is 0 Å². The average molecular weight is 375 g/mol. The molecular formula is C20H35ClO4. The third-order valence-electron chi connectivity index (χ3n) is 3.87. The van der Waals surface area contributed by atoms with Crippen molar-refractivity contribution in [3.63, 3.8) is 0 Å². The van der Waals surface area contributed by atoms with E-state index in [1.807, 2.05) is 0 Å². The molecule has 0 amide bonds. The summed E-state index contributed by atoms with van der Waals surface area (Å²) in [4.78, 5) is 22.9. The van der Waals surface area contributed by atoms with E-state index in [4.69, 9.17) is 21.1 Å². The van der Waals surface area contributed by atoms with Crippen LogP contribution in [0.4, 0.5) is 0 Å². The molecule has 5 heteroatoms. The molecule has 4 nitrogen and oxygen atoms in total. The Hall–Kier alpha value is -1.03. The van der Waals surface area contributed by atoms with Gasteiger partial charge in [0, 0.05) is 18.0 Å². The zero-order valence-corrected chi connectivity index (χ0v) is 16.5. The number of ether oxygens (including phenoxy) is 2. The van der Waals surface area contributed by atoms with Gasteiger partial charge in [0.15, 0.2) is 0 Å². The quantitative estimate of drug-likeness (QED) is 0.144. The third kappa shape index (κ3) is 19.1. The van der Waals surface area contributed by atoms with Crippen LogP contribution in [-0.2, 0) is 19.1 Å². The molecule has 0 bridgehead atoms. The lowest BCUT2D eigenvalue weighted by atomic mass is 10.1. The number of hydrogen-bond donors (Lipinski definition) is 0. The van der Waals surface area contributed by atoms with E-state index in [0.29, 0.717) is 13.2 Å². The number of rotatable bonds is 17. The van der Waals surface area contributed by atoms with Gasteiger partial charge in [-0.25, -0.2) is 9.59 Å². The maximum absolute atomic E-state index is 11.5. The fourth-order valence-corrected chi connectivity index (χ4v) is 2.55. The van der Waals surface area contributed by atoms with Crippen molar-refractivity contribution >= 4 is 23.5 Å². The van der Waals surface area contributed by atoms with Crippen molar-refractivity contribution in [1.82, 2.24) is 0 Å². The van der Waals surface area contributed by atoms with Crippen molar-refractivity contribution in [2.45, 2.75) is 84.0 Å². The average Bonchev–Trinajstić information content (AvgIpc) is 2.61. The Morgan fingerprint density at radius 1 is 0.680 bits per heavy atom. The molecule has 146 valence electrons. The van der Waals surface area contributed by atoms with Gasteiger partial charge in [-0.2, -0.15) is 0 Å². The normalized spacial score (nSPS) is 11.0. The molecule has 0 radical (unpaired) electrons. The number of halogens is 1. The van der Waals surface area contributed by atoms with E-state index in [1.54, 1.807) is 0 Å². The summed E-state index contributed by atoms with van der Waals surface area (Å²) in [7, 11) is 0. The summed E-state index contributed by atoms with van der Waals surface area (Å²) in [6.45, 7) is 2.99. The monoisotopic (exact) mass is 374 g/mol. The predicted molar refractivity (Wildman–Crippen MR) is 103 cm³/mol. The molecule has 0 heterocycles. The number of alkyl halides is 1. The molecule has 0 spiro atoms. The van der Waals surface area contributed by atoms with E-state index in [-0.39, 0.29) is 0 Å². The fourth-order valence-electron chi connectivity index (χ4n) is 2.36. The van der Waals surface area contributed by atoms with Crippen molar-refractivity contribution in [3.8, 4) is 0 Å². The Morgan fingerprint density at radius 2 is 1.08 bits per heavy atom. The number of esters is 2. The maximum atomic E-state index is 11.5. The predicted octanol–water partition coefficient (Wildman–Crippen LogP) is 5.57. The molecule has 0 aliphatic rings. The van der Waals surface area contributed by atoms with Gasteiger partial charge >= 0.3 is 11.9 Å². The Morgan fingerprint density at radius 3 is 1.52 bits per heavy atom. The highest BCUT2D eigenvalue weighted by molar-refractivity contribution is 6.17. The van der Waals surface area contributed by atoms with Crippen LogP contribution in [-0.4, -0.2) is 31.0 Å². The second kappa shape index (κ2) is 19.3. The summed E-state index contributed by atoms with van der Waals surface area (Å²) in [5, 5.41) is 0. The Balaban J connectivity index is 3.46. The lowest BCUT2D eigenvalue weighted by molar-refractivity contribution is -0.140. The van der Waals surface area contributed by atoms with Crippen LogP contribution < -0.4 is 0 Å². The summed E-state index contributed by atoms with van der Waals surface area (Å²) in [5.41, 5.74) is 0. The molecule has 0 N–H and O–H groups in total. The van der Waals surface area contributed by atoms with Gasteiger partial charge in [-0.3, -0.25) is 0 Å². The van der Waals surface area contributed by atoms with Crippen LogP contribution in [0.3, 0.4) is 0 Å². The first-order chi connectivity index (χ1) is 12.2. The highest BCUT2D eigenvalue weighted by atomic mass is 35.5. The first kappa shape index (κ1) is 24.0. The molecule has 0 aromatic carbocycles. The first-order valence-corrected chi connectivity index (χ1v) is 10.3. The van der Waals surface area contributed by atoms with E-state index in [0.717, 1.165) is 63.0 Å². The van der Waals surface area contributed by atoms with E-state index in [1.165, 1.54) is 32.1 Å². The van der Waals surface area contributed by atoms with Crippen LogP contribution in [0.15, 0.2) is 12.2 Å². The molecule has 0 saturated heterocycles. The Bertz CT molecular complexity index is 356. The van der Waals surface area contributed by atoms with E-state index in [9.17, 15) is 9.59 Å². The van der Waals surface area contributed by atoms with Crippen LogP contribution in [0, 0.1) is 0 Å². The molecule has 25 heavy (non-hydrogen) atoms. The van der Waals surface area contributed by atoms with Gasteiger partial charge < -0.3 is 9.47 Å². The molecule has 0 rings (SSSR count). The Labute approximate surface area is 158 Å².